The van der Waals surface area contributed by atoms with Crippen LogP contribution in [0.25, 0.3) is 0 Å². The van der Waals surface area contributed by atoms with Gasteiger partial charge in [0.2, 0.25) is 0 Å². The van der Waals surface area contributed by atoms with Crippen LogP contribution in [-0.2, 0) is 4.79 Å². The first kappa shape index (κ1) is 11.7. The summed E-state index contributed by atoms with van der Waals surface area (Å²) in [5, 5.41) is 3.32. The molecule has 0 spiro atoms. The van der Waals surface area contributed by atoms with Crippen molar-refractivity contribution < 1.29 is 4.79 Å². The molecule has 1 fully saturated rings. The molecule has 1 N–H and O–H groups in total. The minimum atomic E-state index is 0.219. The Hall–Kier alpha value is -0.370. The van der Waals surface area contributed by atoms with E-state index in [1.165, 1.54) is 25.7 Å². The molecule has 0 unspecified atom stereocenters. The van der Waals surface area contributed by atoms with Gasteiger partial charge in [-0.15, -0.1) is 0 Å². The Morgan fingerprint density at radius 3 is 2.29 bits per heavy atom. The van der Waals surface area contributed by atoms with E-state index in [4.69, 9.17) is 0 Å². The maximum Gasteiger partial charge on any atom is 0.135 e. The summed E-state index contributed by atoms with van der Waals surface area (Å²) < 4.78 is 0. The van der Waals surface area contributed by atoms with E-state index in [2.05, 4.69) is 5.32 Å². The summed E-state index contributed by atoms with van der Waals surface area (Å²) in [6.07, 6.45) is 5.75. The van der Waals surface area contributed by atoms with Crippen LogP contribution < -0.4 is 5.32 Å². The van der Waals surface area contributed by atoms with Crippen LogP contribution in [0.3, 0.4) is 0 Å². The molecule has 82 valence electrons. The molecule has 0 aromatic heterocycles. The third kappa shape index (κ3) is 3.41. The smallest absolute Gasteiger partial charge is 0.135 e. The van der Waals surface area contributed by atoms with Gasteiger partial charge < -0.3 is 5.32 Å². The van der Waals surface area contributed by atoms with Gasteiger partial charge in [0.15, 0.2) is 0 Å². The average Bonchev–Trinajstić information content (AvgIpc) is 2.19. The number of hydrogen-bond acceptors (Lipinski definition) is 2. The van der Waals surface area contributed by atoms with E-state index in [-0.39, 0.29) is 5.92 Å². The van der Waals surface area contributed by atoms with Crippen molar-refractivity contribution in [3.63, 3.8) is 0 Å². The zero-order valence-corrected chi connectivity index (χ0v) is 9.68. The van der Waals surface area contributed by atoms with E-state index in [0.29, 0.717) is 17.7 Å². The predicted octanol–water partition coefficient (Wildman–Crippen LogP) is 2.38. The second-order valence-corrected chi connectivity index (χ2v) is 4.83. The molecule has 0 heterocycles. The first-order chi connectivity index (χ1) is 6.63. The second-order valence-electron chi connectivity index (χ2n) is 4.83. The molecule has 1 aliphatic carbocycles. The maximum atomic E-state index is 11.5. The van der Waals surface area contributed by atoms with Gasteiger partial charge in [-0.05, 0) is 38.6 Å². The topological polar surface area (TPSA) is 29.1 Å². The Morgan fingerprint density at radius 2 is 1.86 bits per heavy atom. The molecule has 2 heteroatoms. The van der Waals surface area contributed by atoms with Gasteiger partial charge in [0.05, 0.1) is 0 Å². The van der Waals surface area contributed by atoms with Crippen molar-refractivity contribution in [2.45, 2.75) is 52.0 Å². The standard InChI is InChI=1S/C12H23NO/c1-9(2)12(14)8-10-4-6-11(13-3)7-5-10/h9-11,13H,4-8H2,1-3H3. The summed E-state index contributed by atoms with van der Waals surface area (Å²) >= 11 is 0. The molecule has 14 heavy (non-hydrogen) atoms. The number of ketones is 1. The Kier molecular flexibility index (Phi) is 4.59. The Morgan fingerprint density at radius 1 is 1.29 bits per heavy atom. The van der Waals surface area contributed by atoms with Crippen molar-refractivity contribution in [1.82, 2.24) is 5.32 Å². The fourth-order valence-electron chi connectivity index (χ4n) is 2.18. The molecule has 0 saturated heterocycles. The van der Waals surface area contributed by atoms with Gasteiger partial charge in [0.1, 0.15) is 5.78 Å². The first-order valence-corrected chi connectivity index (χ1v) is 5.83. The van der Waals surface area contributed by atoms with E-state index in [0.717, 1.165) is 6.42 Å². The van der Waals surface area contributed by atoms with E-state index >= 15 is 0 Å². The van der Waals surface area contributed by atoms with Crippen molar-refractivity contribution >= 4 is 5.78 Å². The normalized spacial score (nSPS) is 28.0. The zero-order valence-electron chi connectivity index (χ0n) is 9.68. The molecular weight excluding hydrogens is 174 g/mol. The van der Waals surface area contributed by atoms with Crippen molar-refractivity contribution in [3.8, 4) is 0 Å². The molecule has 1 aliphatic rings. The van der Waals surface area contributed by atoms with Crippen LogP contribution >= 0.6 is 0 Å². The van der Waals surface area contributed by atoms with E-state index in [9.17, 15) is 4.79 Å². The monoisotopic (exact) mass is 197 g/mol. The highest BCUT2D eigenvalue weighted by Gasteiger charge is 2.22. The lowest BCUT2D eigenvalue weighted by Gasteiger charge is -2.28. The third-order valence-corrected chi connectivity index (χ3v) is 3.39. The summed E-state index contributed by atoms with van der Waals surface area (Å²) in [5.41, 5.74) is 0. The maximum absolute atomic E-state index is 11.5. The molecule has 0 amide bonds. The lowest BCUT2D eigenvalue weighted by Crippen LogP contribution is -2.31. The van der Waals surface area contributed by atoms with Gasteiger partial charge in [-0.3, -0.25) is 4.79 Å². The molecule has 0 radical (unpaired) electrons. The van der Waals surface area contributed by atoms with Crippen LogP contribution in [0.1, 0.15) is 46.0 Å². The van der Waals surface area contributed by atoms with Gasteiger partial charge in [-0.2, -0.15) is 0 Å². The summed E-state index contributed by atoms with van der Waals surface area (Å²) in [6.45, 7) is 4.00. The highest BCUT2D eigenvalue weighted by molar-refractivity contribution is 5.80. The van der Waals surface area contributed by atoms with Crippen molar-refractivity contribution in [2.24, 2.45) is 11.8 Å². The summed E-state index contributed by atoms with van der Waals surface area (Å²) in [4.78, 5) is 11.5. The Balaban J connectivity index is 2.25. The van der Waals surface area contributed by atoms with Crippen molar-refractivity contribution in [3.05, 3.63) is 0 Å². The summed E-state index contributed by atoms with van der Waals surface area (Å²) in [5.74, 6) is 1.32. The number of Topliss-reactive ketones (excluding diaryl/α,β-unsaturated/α-hetero) is 1. The highest BCUT2D eigenvalue weighted by atomic mass is 16.1. The van der Waals surface area contributed by atoms with Crippen molar-refractivity contribution in [1.29, 1.82) is 0 Å². The van der Waals surface area contributed by atoms with Gasteiger partial charge >= 0.3 is 0 Å². The fraction of sp³-hybridized carbons (Fsp3) is 0.917. The highest BCUT2D eigenvalue weighted by Crippen LogP contribution is 2.27. The Bertz CT molecular complexity index is 181. The summed E-state index contributed by atoms with van der Waals surface area (Å²) in [7, 11) is 2.03. The fourth-order valence-corrected chi connectivity index (χ4v) is 2.18. The molecule has 0 aliphatic heterocycles. The molecule has 0 bridgehead atoms. The van der Waals surface area contributed by atoms with Crippen LogP contribution in [0.2, 0.25) is 0 Å². The SMILES string of the molecule is CNC1CCC(CC(=O)C(C)C)CC1. The van der Waals surface area contributed by atoms with E-state index in [1.54, 1.807) is 0 Å². The molecule has 0 aromatic carbocycles. The van der Waals surface area contributed by atoms with Crippen molar-refractivity contribution in [2.75, 3.05) is 7.05 Å². The largest absolute Gasteiger partial charge is 0.317 e. The number of hydrogen-bond donors (Lipinski definition) is 1. The lowest BCUT2D eigenvalue weighted by molar-refractivity contribution is -0.123. The van der Waals surface area contributed by atoms with Crippen LogP contribution in [-0.4, -0.2) is 18.9 Å². The second kappa shape index (κ2) is 5.50. The van der Waals surface area contributed by atoms with Crippen LogP contribution in [0, 0.1) is 11.8 Å². The molecular formula is C12H23NO. The minimum Gasteiger partial charge on any atom is -0.317 e. The van der Waals surface area contributed by atoms with Crippen LogP contribution in [0.5, 0.6) is 0 Å². The summed E-state index contributed by atoms with van der Waals surface area (Å²) in [6, 6.07) is 0.695. The Labute approximate surface area is 87.5 Å². The zero-order chi connectivity index (χ0) is 10.6. The molecule has 0 atom stereocenters. The van der Waals surface area contributed by atoms with E-state index in [1.807, 2.05) is 20.9 Å². The molecule has 1 saturated carbocycles. The molecule has 1 rings (SSSR count). The van der Waals surface area contributed by atoms with Crippen LogP contribution in [0.15, 0.2) is 0 Å². The number of carbonyl (C=O) groups excluding carboxylic acids is 1. The molecule has 0 aromatic rings. The predicted molar refractivity (Wildman–Crippen MR) is 59.3 cm³/mol. The number of nitrogens with one attached hydrogen (secondary N) is 1. The van der Waals surface area contributed by atoms with Crippen LogP contribution in [0.4, 0.5) is 0 Å². The minimum absolute atomic E-state index is 0.219. The number of rotatable bonds is 4. The number of carbonyl (C=O) groups is 1. The van der Waals surface area contributed by atoms with Gasteiger partial charge in [0, 0.05) is 18.4 Å². The van der Waals surface area contributed by atoms with Gasteiger partial charge in [-0.25, -0.2) is 0 Å². The van der Waals surface area contributed by atoms with Gasteiger partial charge in [-0.1, -0.05) is 13.8 Å². The first-order valence-electron chi connectivity index (χ1n) is 5.83. The lowest BCUT2D eigenvalue weighted by atomic mass is 9.82. The average molecular weight is 197 g/mol. The van der Waals surface area contributed by atoms with Gasteiger partial charge in [0.25, 0.3) is 0 Å². The van der Waals surface area contributed by atoms with E-state index < -0.39 is 0 Å². The molecule has 2 nitrogen and oxygen atoms in total. The quantitative estimate of drug-likeness (QED) is 0.749. The third-order valence-electron chi connectivity index (χ3n) is 3.39.